The molecule has 2 aromatic carbocycles. The predicted octanol–water partition coefficient (Wildman–Crippen LogP) is 2.78. The summed E-state index contributed by atoms with van der Waals surface area (Å²) in [6.07, 6.45) is 1.35. The zero-order valence-electron chi connectivity index (χ0n) is 17.3. The highest BCUT2D eigenvalue weighted by molar-refractivity contribution is 5.94. The molecule has 1 N–H and O–H groups in total. The third kappa shape index (κ3) is 3.13. The van der Waals surface area contributed by atoms with Gasteiger partial charge >= 0.3 is 5.97 Å². The number of methoxy groups -OCH3 is 2. The van der Waals surface area contributed by atoms with Crippen molar-refractivity contribution in [2.24, 2.45) is 0 Å². The number of nitrogens with zero attached hydrogens (tertiary/aromatic N) is 3. The molecule has 0 radical (unpaired) electrons. The van der Waals surface area contributed by atoms with E-state index in [0.717, 1.165) is 11.1 Å². The number of carbonyl (C=O) groups is 1. The fourth-order valence-electron chi connectivity index (χ4n) is 4.20. The second-order valence-corrected chi connectivity index (χ2v) is 7.48. The van der Waals surface area contributed by atoms with Gasteiger partial charge in [-0.2, -0.15) is 0 Å². The van der Waals surface area contributed by atoms with Gasteiger partial charge in [0.25, 0.3) is 0 Å². The molecule has 1 aromatic heterocycles. The first-order chi connectivity index (χ1) is 15.0. The zero-order valence-corrected chi connectivity index (χ0v) is 17.3. The predicted molar refractivity (Wildman–Crippen MR) is 111 cm³/mol. The van der Waals surface area contributed by atoms with Crippen LogP contribution in [0.1, 0.15) is 18.1 Å². The Labute approximate surface area is 178 Å². The van der Waals surface area contributed by atoms with E-state index < -0.39 is 12.0 Å². The van der Waals surface area contributed by atoms with Crippen LogP contribution in [0, 0.1) is 0 Å². The van der Waals surface area contributed by atoms with E-state index >= 15 is 0 Å². The van der Waals surface area contributed by atoms with E-state index in [1.165, 1.54) is 6.33 Å². The van der Waals surface area contributed by atoms with E-state index in [0.29, 0.717) is 52.7 Å². The van der Waals surface area contributed by atoms with Crippen LogP contribution in [0.25, 0.3) is 10.9 Å². The van der Waals surface area contributed by atoms with Crippen LogP contribution in [0.3, 0.4) is 0 Å². The number of ether oxygens (including phenoxy) is 4. The van der Waals surface area contributed by atoms with Crippen molar-refractivity contribution in [3.63, 3.8) is 0 Å². The molecule has 31 heavy (non-hydrogen) atoms. The molecule has 2 aliphatic rings. The monoisotopic (exact) mass is 423 g/mol. The molecule has 0 aliphatic carbocycles. The molecule has 1 unspecified atom stereocenters. The summed E-state index contributed by atoms with van der Waals surface area (Å²) >= 11 is 0. The van der Waals surface area contributed by atoms with E-state index in [9.17, 15) is 9.90 Å². The van der Waals surface area contributed by atoms with Crippen molar-refractivity contribution < 1.29 is 28.8 Å². The lowest BCUT2D eigenvalue weighted by Gasteiger charge is -2.36. The third-order valence-corrected chi connectivity index (χ3v) is 5.66. The van der Waals surface area contributed by atoms with E-state index in [1.54, 1.807) is 32.1 Å². The van der Waals surface area contributed by atoms with E-state index in [4.69, 9.17) is 18.9 Å². The van der Waals surface area contributed by atoms with Crippen LogP contribution >= 0.6 is 0 Å². The topological polar surface area (TPSA) is 103 Å². The van der Waals surface area contributed by atoms with Gasteiger partial charge in [0.15, 0.2) is 23.0 Å². The first-order valence-corrected chi connectivity index (χ1v) is 9.83. The minimum Gasteiger partial charge on any atom is -0.493 e. The van der Waals surface area contributed by atoms with Gasteiger partial charge in [-0.3, -0.25) is 0 Å². The van der Waals surface area contributed by atoms with E-state index in [-0.39, 0.29) is 6.29 Å². The molecule has 0 amide bonds. The lowest BCUT2D eigenvalue weighted by atomic mass is 9.93. The lowest BCUT2D eigenvalue weighted by Crippen LogP contribution is -2.46. The number of anilines is 1. The summed E-state index contributed by atoms with van der Waals surface area (Å²) in [7, 11) is 3.14. The first kappa shape index (κ1) is 19.2. The Morgan fingerprint density at radius 3 is 2.42 bits per heavy atom. The molecule has 0 spiro atoms. The molecule has 0 saturated heterocycles. The largest absolute Gasteiger partial charge is 0.493 e. The Morgan fingerprint density at radius 1 is 1.06 bits per heavy atom. The van der Waals surface area contributed by atoms with E-state index in [2.05, 4.69) is 9.97 Å². The molecule has 9 nitrogen and oxygen atoms in total. The minimum absolute atomic E-state index is 0.304. The van der Waals surface area contributed by atoms with Gasteiger partial charge in [-0.1, -0.05) is 0 Å². The Morgan fingerprint density at radius 2 is 1.74 bits per heavy atom. The summed E-state index contributed by atoms with van der Waals surface area (Å²) in [4.78, 5) is 22.8. The Hall–Kier alpha value is -3.75. The van der Waals surface area contributed by atoms with Crippen molar-refractivity contribution in [1.29, 1.82) is 0 Å². The Bertz CT molecular complexity index is 1200. The van der Waals surface area contributed by atoms with Crippen LogP contribution in [-0.4, -0.2) is 47.6 Å². The second-order valence-electron chi connectivity index (χ2n) is 7.48. The number of hydrogen-bond acceptors (Lipinski definition) is 8. The number of benzene rings is 2. The smallest absolute Gasteiger partial charge is 0.326 e. The maximum Gasteiger partial charge on any atom is 0.326 e. The van der Waals surface area contributed by atoms with Crippen molar-refractivity contribution in [1.82, 2.24) is 9.97 Å². The summed E-state index contributed by atoms with van der Waals surface area (Å²) in [5, 5.41) is 10.7. The molecule has 2 atom stereocenters. The van der Waals surface area contributed by atoms with Gasteiger partial charge in [0, 0.05) is 31.3 Å². The van der Waals surface area contributed by atoms with Crippen molar-refractivity contribution in [2.75, 3.05) is 19.1 Å². The molecule has 9 heteroatoms. The first-order valence-electron chi connectivity index (χ1n) is 9.83. The van der Waals surface area contributed by atoms with Crippen LogP contribution in [0.2, 0.25) is 0 Å². The van der Waals surface area contributed by atoms with Gasteiger partial charge in [0.1, 0.15) is 18.2 Å². The summed E-state index contributed by atoms with van der Waals surface area (Å²) < 4.78 is 22.2. The summed E-state index contributed by atoms with van der Waals surface area (Å²) in [6, 6.07) is 6.54. The SMILES string of the molecule is COc1cc2c(cc1OC)CN(c1ncnc3cc4c(cc13)OC(C)O4)[C@H](C(=O)O)C2. The summed E-state index contributed by atoms with van der Waals surface area (Å²) in [6.45, 7) is 2.16. The number of carboxylic acid groups (broad SMARTS) is 1. The molecule has 5 rings (SSSR count). The molecule has 160 valence electrons. The number of hydrogen-bond donors (Lipinski definition) is 1. The summed E-state index contributed by atoms with van der Waals surface area (Å²) in [5.74, 6) is 1.98. The van der Waals surface area contributed by atoms with Gasteiger partial charge < -0.3 is 29.0 Å². The fourth-order valence-corrected chi connectivity index (χ4v) is 4.20. The van der Waals surface area contributed by atoms with Gasteiger partial charge in [-0.05, 0) is 29.3 Å². The number of fused-ring (bicyclic) bond motifs is 3. The molecular formula is C22H21N3O6. The number of carboxylic acids is 1. The van der Waals surface area contributed by atoms with Gasteiger partial charge in [-0.15, -0.1) is 0 Å². The van der Waals surface area contributed by atoms with Crippen molar-refractivity contribution in [3.05, 3.63) is 41.7 Å². The zero-order chi connectivity index (χ0) is 21.7. The standard InChI is InChI=1S/C22H21N3O6/c1-11-30-19-7-14-15(8-20(19)31-11)23-10-24-21(14)25-9-13-6-18(29-3)17(28-2)5-12(13)4-16(25)22(26)27/h5-8,10-11,16H,4,9H2,1-3H3,(H,26,27)/t11?,16-/m0/s1. The number of rotatable bonds is 4. The highest BCUT2D eigenvalue weighted by Gasteiger charge is 2.35. The lowest BCUT2D eigenvalue weighted by molar-refractivity contribution is -0.138. The average molecular weight is 423 g/mol. The average Bonchev–Trinajstić information content (AvgIpc) is 3.13. The molecule has 3 aromatic rings. The normalized spacial score (nSPS) is 19.3. The van der Waals surface area contributed by atoms with Crippen LogP contribution in [-0.2, 0) is 17.8 Å². The molecule has 0 fully saturated rings. The Balaban J connectivity index is 1.63. The molecule has 0 saturated carbocycles. The van der Waals surface area contributed by atoms with Crippen molar-refractivity contribution in [2.45, 2.75) is 32.2 Å². The maximum atomic E-state index is 12.2. The van der Waals surface area contributed by atoms with Gasteiger partial charge in [0.2, 0.25) is 6.29 Å². The van der Waals surface area contributed by atoms with E-state index in [1.807, 2.05) is 18.2 Å². The fraction of sp³-hybridized carbons (Fsp3) is 0.318. The van der Waals surface area contributed by atoms with Crippen LogP contribution in [0.15, 0.2) is 30.6 Å². The number of aromatic nitrogens is 2. The molecule has 0 bridgehead atoms. The Kier molecular flexibility index (Phi) is 4.46. The summed E-state index contributed by atoms with van der Waals surface area (Å²) in [5.41, 5.74) is 2.52. The maximum absolute atomic E-state index is 12.2. The van der Waals surface area contributed by atoms with Gasteiger partial charge in [0.05, 0.1) is 19.7 Å². The minimum atomic E-state index is -0.929. The molecule has 2 aliphatic heterocycles. The third-order valence-electron chi connectivity index (χ3n) is 5.66. The van der Waals surface area contributed by atoms with Crippen molar-refractivity contribution >= 4 is 22.7 Å². The molecule has 3 heterocycles. The van der Waals surface area contributed by atoms with Crippen LogP contribution in [0.4, 0.5) is 5.82 Å². The number of aliphatic carboxylic acids is 1. The van der Waals surface area contributed by atoms with Gasteiger partial charge in [-0.25, -0.2) is 14.8 Å². The second kappa shape index (κ2) is 7.19. The quantitative estimate of drug-likeness (QED) is 0.678. The highest BCUT2D eigenvalue weighted by atomic mass is 16.7. The van der Waals surface area contributed by atoms with Crippen LogP contribution in [0.5, 0.6) is 23.0 Å². The highest BCUT2D eigenvalue weighted by Crippen LogP contribution is 2.42. The van der Waals surface area contributed by atoms with Crippen molar-refractivity contribution in [3.8, 4) is 23.0 Å². The molecular weight excluding hydrogens is 402 g/mol. The van der Waals surface area contributed by atoms with Crippen LogP contribution < -0.4 is 23.8 Å².